The van der Waals surface area contributed by atoms with Gasteiger partial charge in [-0.3, -0.25) is 10.2 Å². The molecule has 7 nitrogen and oxygen atoms in total. The van der Waals surface area contributed by atoms with Gasteiger partial charge in [-0.15, -0.1) is 0 Å². The molecule has 3 aromatic rings. The molecule has 2 amide bonds. The first-order chi connectivity index (χ1) is 16.6. The first-order valence-electron chi connectivity index (χ1n) is 11.6. The molecule has 1 aromatic heterocycles. The van der Waals surface area contributed by atoms with Crippen molar-refractivity contribution in [2.75, 3.05) is 12.4 Å². The summed E-state index contributed by atoms with van der Waals surface area (Å²) in [7, 11) is 1.40. The molecule has 0 saturated heterocycles. The highest BCUT2D eigenvalue weighted by Crippen LogP contribution is 2.47. The molecule has 0 atom stereocenters. The number of fused-ring (bicyclic) bond motifs is 3. The van der Waals surface area contributed by atoms with Crippen molar-refractivity contribution in [3.63, 3.8) is 0 Å². The Balaban J connectivity index is 1.68. The van der Waals surface area contributed by atoms with Gasteiger partial charge in [-0.1, -0.05) is 48.5 Å². The van der Waals surface area contributed by atoms with E-state index in [9.17, 15) is 9.59 Å². The van der Waals surface area contributed by atoms with Gasteiger partial charge in [0.2, 0.25) is 0 Å². The summed E-state index contributed by atoms with van der Waals surface area (Å²) in [5.74, 6) is 0.402. The lowest BCUT2D eigenvalue weighted by molar-refractivity contribution is 0.0635. The number of methoxy groups -OCH3 is 1. The van der Waals surface area contributed by atoms with Crippen molar-refractivity contribution in [3.8, 4) is 11.1 Å². The number of aryl methyl sites for hydroxylation is 2. The molecule has 0 spiro atoms. The largest absolute Gasteiger partial charge is 0.453 e. The van der Waals surface area contributed by atoms with E-state index in [4.69, 9.17) is 9.47 Å². The second kappa shape index (κ2) is 9.41. The number of rotatable bonds is 4. The Kier molecular flexibility index (Phi) is 6.52. The van der Waals surface area contributed by atoms with E-state index in [1.807, 2.05) is 38.1 Å². The molecular weight excluding hydrogens is 442 g/mol. The van der Waals surface area contributed by atoms with Gasteiger partial charge in [0.05, 0.1) is 19.7 Å². The molecule has 0 aliphatic heterocycles. The van der Waals surface area contributed by atoms with Gasteiger partial charge in [0.1, 0.15) is 11.4 Å². The van der Waals surface area contributed by atoms with Crippen LogP contribution in [0.15, 0.2) is 54.6 Å². The lowest BCUT2D eigenvalue weighted by atomic mass is 10.0. The van der Waals surface area contributed by atoms with Crippen LogP contribution in [0.1, 0.15) is 54.8 Å². The molecule has 1 N–H and O–H groups in total. The normalized spacial score (nSPS) is 12.5. The lowest BCUT2D eigenvalue weighted by Crippen LogP contribution is -2.34. The number of carbonyl (C=O) groups is 2. The maximum atomic E-state index is 13.1. The first-order valence-corrected chi connectivity index (χ1v) is 11.6. The predicted molar refractivity (Wildman–Crippen MR) is 135 cm³/mol. The number of anilines is 1. The van der Waals surface area contributed by atoms with Crippen molar-refractivity contribution >= 4 is 18.0 Å². The van der Waals surface area contributed by atoms with Gasteiger partial charge in [-0.2, -0.15) is 0 Å². The van der Waals surface area contributed by atoms with E-state index in [1.165, 1.54) is 7.11 Å². The zero-order chi connectivity index (χ0) is 25.3. The van der Waals surface area contributed by atoms with Crippen LogP contribution in [0.4, 0.5) is 15.4 Å². The van der Waals surface area contributed by atoms with Crippen molar-refractivity contribution in [2.24, 2.45) is 0 Å². The second-order valence-electron chi connectivity index (χ2n) is 9.69. The van der Waals surface area contributed by atoms with Gasteiger partial charge in [0.25, 0.3) is 0 Å². The summed E-state index contributed by atoms with van der Waals surface area (Å²) in [6.45, 7) is 9.53. The zero-order valence-corrected chi connectivity index (χ0v) is 21.0. The number of nitrogens with zero attached hydrogens (tertiary/aromatic N) is 2. The number of hydrogen-bond donors (Lipinski definition) is 1. The molecule has 7 heteroatoms. The SMILES string of the molecule is COC(=O)N(Cc1c(C)cc(NC(=O)OC(C)(C)C)nc1C)C1c2ccccc2-c2ccccc21. The summed E-state index contributed by atoms with van der Waals surface area (Å²) in [4.78, 5) is 31.6. The predicted octanol–water partition coefficient (Wildman–Crippen LogP) is 6.38. The summed E-state index contributed by atoms with van der Waals surface area (Å²) in [6, 6.07) is 17.8. The molecule has 0 unspecified atom stereocenters. The van der Waals surface area contributed by atoms with E-state index in [-0.39, 0.29) is 6.04 Å². The number of amides is 2. The van der Waals surface area contributed by atoms with Crippen molar-refractivity contribution in [1.82, 2.24) is 9.88 Å². The number of benzene rings is 2. The number of nitrogens with one attached hydrogen (secondary N) is 1. The van der Waals surface area contributed by atoms with Crippen LogP contribution in [0.5, 0.6) is 0 Å². The minimum Gasteiger partial charge on any atom is -0.453 e. The first kappa shape index (κ1) is 24.3. The minimum atomic E-state index is -0.608. The zero-order valence-electron chi connectivity index (χ0n) is 21.0. The standard InChI is InChI=1S/C28H31N3O4/c1-17-15-24(30-26(32)35-28(3,4)5)29-18(2)23(17)16-31(27(33)34-6)25-21-13-9-7-11-19(21)20-12-8-10-14-22(20)25/h7-15,25H,16H2,1-6H3,(H,29,30,32). The number of ether oxygens (including phenoxy) is 2. The van der Waals surface area contributed by atoms with Crippen LogP contribution < -0.4 is 5.32 Å². The van der Waals surface area contributed by atoms with E-state index in [0.29, 0.717) is 18.1 Å². The van der Waals surface area contributed by atoms with Gasteiger partial charge in [-0.05, 0) is 74.1 Å². The molecule has 0 bridgehead atoms. The average Bonchev–Trinajstić information content (AvgIpc) is 3.11. The summed E-state index contributed by atoms with van der Waals surface area (Å²) in [5.41, 5.74) is 6.25. The highest BCUT2D eigenvalue weighted by Gasteiger charge is 2.36. The molecule has 4 rings (SSSR count). The van der Waals surface area contributed by atoms with Gasteiger partial charge < -0.3 is 9.47 Å². The molecular formula is C28H31N3O4. The highest BCUT2D eigenvalue weighted by atomic mass is 16.6. The lowest BCUT2D eigenvalue weighted by Gasteiger charge is -2.30. The number of pyridine rings is 1. The summed E-state index contributed by atoms with van der Waals surface area (Å²) >= 11 is 0. The highest BCUT2D eigenvalue weighted by molar-refractivity contribution is 5.84. The fraction of sp³-hybridized carbons (Fsp3) is 0.321. The fourth-order valence-electron chi connectivity index (χ4n) is 4.58. The third-order valence-electron chi connectivity index (χ3n) is 6.03. The average molecular weight is 474 g/mol. The van der Waals surface area contributed by atoms with Crippen LogP contribution >= 0.6 is 0 Å². The van der Waals surface area contributed by atoms with Crippen LogP contribution in [0, 0.1) is 13.8 Å². The molecule has 0 saturated carbocycles. The molecule has 35 heavy (non-hydrogen) atoms. The number of aromatic nitrogens is 1. The quantitative estimate of drug-likeness (QED) is 0.475. The maximum absolute atomic E-state index is 13.1. The summed E-state index contributed by atoms with van der Waals surface area (Å²) in [6.07, 6.45) is -0.983. The Labute approximate surface area is 206 Å². The Morgan fingerprint density at radius 1 is 1.00 bits per heavy atom. The van der Waals surface area contributed by atoms with E-state index >= 15 is 0 Å². The molecule has 1 aliphatic rings. The maximum Gasteiger partial charge on any atom is 0.413 e. The van der Waals surface area contributed by atoms with Crippen LogP contribution in [-0.4, -0.2) is 34.8 Å². The van der Waals surface area contributed by atoms with Crippen molar-refractivity contribution in [1.29, 1.82) is 0 Å². The van der Waals surface area contributed by atoms with Gasteiger partial charge in [0, 0.05) is 5.69 Å². The molecule has 2 aromatic carbocycles. The smallest absolute Gasteiger partial charge is 0.413 e. The molecule has 0 radical (unpaired) electrons. The molecule has 1 aliphatic carbocycles. The Hall–Kier alpha value is -3.87. The Morgan fingerprint density at radius 3 is 2.09 bits per heavy atom. The Bertz CT molecular complexity index is 1210. The summed E-state index contributed by atoms with van der Waals surface area (Å²) < 4.78 is 10.6. The van der Waals surface area contributed by atoms with Gasteiger partial charge in [-0.25, -0.2) is 14.6 Å². The third-order valence-corrected chi connectivity index (χ3v) is 6.03. The van der Waals surface area contributed by atoms with E-state index < -0.39 is 17.8 Å². The second-order valence-corrected chi connectivity index (χ2v) is 9.69. The van der Waals surface area contributed by atoms with Crippen LogP contribution in [0.3, 0.4) is 0 Å². The van der Waals surface area contributed by atoms with Crippen LogP contribution in [-0.2, 0) is 16.0 Å². The fourth-order valence-corrected chi connectivity index (χ4v) is 4.58. The summed E-state index contributed by atoms with van der Waals surface area (Å²) in [5, 5.41) is 2.70. The van der Waals surface area contributed by atoms with Crippen LogP contribution in [0.2, 0.25) is 0 Å². The molecule has 1 heterocycles. The monoisotopic (exact) mass is 473 g/mol. The number of carbonyl (C=O) groups excluding carboxylic acids is 2. The van der Waals surface area contributed by atoms with E-state index in [0.717, 1.165) is 33.4 Å². The van der Waals surface area contributed by atoms with Crippen LogP contribution in [0.25, 0.3) is 11.1 Å². The van der Waals surface area contributed by atoms with Gasteiger partial charge >= 0.3 is 12.2 Å². The van der Waals surface area contributed by atoms with Gasteiger partial charge in [0.15, 0.2) is 0 Å². The van der Waals surface area contributed by atoms with E-state index in [1.54, 1.807) is 31.7 Å². The molecule has 0 fully saturated rings. The molecule has 182 valence electrons. The topological polar surface area (TPSA) is 80.8 Å². The van der Waals surface area contributed by atoms with E-state index in [2.05, 4.69) is 34.6 Å². The Morgan fingerprint density at radius 2 is 1.57 bits per heavy atom. The number of hydrogen-bond acceptors (Lipinski definition) is 5. The van der Waals surface area contributed by atoms with Crippen molar-refractivity contribution in [2.45, 2.75) is 52.8 Å². The van der Waals surface area contributed by atoms with Crippen molar-refractivity contribution < 1.29 is 19.1 Å². The third kappa shape index (κ3) is 4.99. The minimum absolute atomic E-state index is 0.284. The van der Waals surface area contributed by atoms with Crippen molar-refractivity contribution in [3.05, 3.63) is 82.5 Å².